The quantitative estimate of drug-likeness (QED) is 0.248. The van der Waals surface area contributed by atoms with Crippen molar-refractivity contribution in [2.45, 2.75) is 86.0 Å². The lowest BCUT2D eigenvalue weighted by Gasteiger charge is -2.10. The Hall–Kier alpha value is -0.150. The minimum atomic E-state index is -3.76. The van der Waals surface area contributed by atoms with E-state index >= 15 is 0 Å². The highest BCUT2D eigenvalue weighted by atomic mass is 31.2. The molecule has 0 bridgehead atoms. The van der Waals surface area contributed by atoms with Crippen LogP contribution in [0.3, 0.4) is 0 Å². The van der Waals surface area contributed by atoms with Crippen molar-refractivity contribution in [3.63, 3.8) is 0 Å². The number of hydrogen-bond donors (Lipinski definition) is 1. The van der Waals surface area contributed by atoms with E-state index in [9.17, 15) is 4.57 Å². The van der Waals surface area contributed by atoms with Crippen LogP contribution < -0.4 is 0 Å². The van der Waals surface area contributed by atoms with Crippen LogP contribution in [0.2, 0.25) is 0 Å². The molecule has 0 fully saturated rings. The Labute approximate surface area is 144 Å². The highest BCUT2D eigenvalue weighted by molar-refractivity contribution is 7.47. The predicted octanol–water partition coefficient (Wildman–Crippen LogP) is 6.50. The molecule has 0 aliphatic heterocycles. The van der Waals surface area contributed by atoms with Crippen molar-refractivity contribution in [1.82, 2.24) is 0 Å². The van der Waals surface area contributed by atoms with Crippen molar-refractivity contribution in [3.8, 4) is 0 Å². The van der Waals surface area contributed by atoms with E-state index in [-0.39, 0.29) is 6.61 Å². The zero-order valence-corrected chi connectivity index (χ0v) is 16.9. The summed E-state index contributed by atoms with van der Waals surface area (Å²) in [6.45, 7) is 14.4. The van der Waals surface area contributed by atoms with Crippen molar-refractivity contribution in [1.29, 1.82) is 0 Å². The van der Waals surface area contributed by atoms with Crippen LogP contribution in [0.5, 0.6) is 0 Å². The third-order valence-electron chi connectivity index (χ3n) is 3.16. The van der Waals surface area contributed by atoms with Crippen LogP contribution in [0.4, 0.5) is 0 Å². The molecule has 23 heavy (non-hydrogen) atoms. The Morgan fingerprint density at radius 2 is 1.39 bits per heavy atom. The molecule has 1 N–H and O–H groups in total. The number of unbranched alkanes of at least 4 members (excludes halogenated alkanes) is 7. The predicted molar refractivity (Wildman–Crippen MR) is 99.7 cm³/mol. The molecule has 0 saturated heterocycles. The first-order chi connectivity index (χ1) is 10.7. The van der Waals surface area contributed by atoms with Gasteiger partial charge >= 0.3 is 7.82 Å². The van der Waals surface area contributed by atoms with Gasteiger partial charge in [0.2, 0.25) is 0 Å². The minimum absolute atomic E-state index is 0.200. The molecular weight excluding hydrogens is 311 g/mol. The molecule has 0 saturated carbocycles. The summed E-state index contributed by atoms with van der Waals surface area (Å²) in [5, 5.41) is 0. The molecule has 4 nitrogen and oxygen atoms in total. The first-order valence-electron chi connectivity index (χ1n) is 8.94. The van der Waals surface area contributed by atoms with Crippen molar-refractivity contribution in [2.24, 2.45) is 5.41 Å². The molecule has 0 aromatic carbocycles. The summed E-state index contributed by atoms with van der Waals surface area (Å²) in [7, 11) is -3.76. The molecule has 0 aromatic heterocycles. The van der Waals surface area contributed by atoms with Crippen LogP contribution >= 0.6 is 7.82 Å². The number of hydrogen-bond acceptors (Lipinski definition) is 3. The normalized spacial score (nSPS) is 13.8. The van der Waals surface area contributed by atoms with Gasteiger partial charge in [0.25, 0.3) is 0 Å². The Kier molecular flexibility index (Phi) is 16.8. The van der Waals surface area contributed by atoms with Gasteiger partial charge in [0.05, 0.1) is 13.2 Å². The Bertz CT molecular complexity index is 311. The average Bonchev–Trinajstić information content (AvgIpc) is 2.45. The van der Waals surface area contributed by atoms with Crippen LogP contribution in [-0.2, 0) is 13.6 Å². The van der Waals surface area contributed by atoms with E-state index in [1.807, 2.05) is 6.08 Å². The lowest BCUT2D eigenvalue weighted by Crippen LogP contribution is -1.96. The van der Waals surface area contributed by atoms with E-state index in [1.54, 1.807) is 6.92 Å². The first kappa shape index (κ1) is 25.1. The lowest BCUT2D eigenvalue weighted by atomic mass is 9.98. The van der Waals surface area contributed by atoms with Gasteiger partial charge in [-0.2, -0.15) is 0 Å². The monoisotopic (exact) mass is 350 g/mol. The van der Waals surface area contributed by atoms with Crippen LogP contribution in [0.1, 0.15) is 86.0 Å². The van der Waals surface area contributed by atoms with Gasteiger partial charge in [0.15, 0.2) is 0 Å². The number of rotatable bonds is 12. The summed E-state index contributed by atoms with van der Waals surface area (Å²) in [5.74, 6) is 0. The second-order valence-electron chi connectivity index (χ2n) is 6.76. The van der Waals surface area contributed by atoms with E-state index in [0.29, 0.717) is 12.0 Å². The molecular formula is C18H39O4P. The Balaban J connectivity index is 0. The molecule has 0 radical (unpaired) electrons. The molecule has 0 amide bonds. The molecule has 0 aliphatic rings. The summed E-state index contributed by atoms with van der Waals surface area (Å²) < 4.78 is 20.5. The maximum absolute atomic E-state index is 11.1. The molecule has 0 aromatic rings. The van der Waals surface area contributed by atoms with Gasteiger partial charge in [0.1, 0.15) is 0 Å². The molecule has 0 rings (SSSR count). The molecule has 0 aliphatic carbocycles. The SMILES string of the molecule is C=CC(C)(C)C.CCCCCCCCCCOP(=O)(O)OCC. The number of phosphoric acid groups is 1. The standard InChI is InChI=1S/C12H27O4P.C6H12/c1-3-5-6-7-8-9-10-11-12-16-17(13,14)15-4-2;1-5-6(2,3)4/h3-12H2,1-2H3,(H,13,14);5H,1H2,2-4H3. The molecule has 0 heterocycles. The molecule has 1 atom stereocenters. The third-order valence-corrected chi connectivity index (χ3v) is 4.25. The molecule has 140 valence electrons. The summed E-state index contributed by atoms with van der Waals surface area (Å²) in [4.78, 5) is 9.13. The largest absolute Gasteiger partial charge is 0.472 e. The van der Waals surface area contributed by atoms with Crippen LogP contribution in [0.15, 0.2) is 12.7 Å². The van der Waals surface area contributed by atoms with E-state index in [2.05, 4.69) is 38.8 Å². The summed E-state index contributed by atoms with van der Waals surface area (Å²) in [5.41, 5.74) is 0.306. The van der Waals surface area contributed by atoms with E-state index in [0.717, 1.165) is 12.8 Å². The minimum Gasteiger partial charge on any atom is -0.302 e. The fourth-order valence-electron chi connectivity index (χ4n) is 1.62. The number of phosphoric ester groups is 1. The maximum atomic E-state index is 11.1. The van der Waals surface area contributed by atoms with Crippen molar-refractivity contribution in [3.05, 3.63) is 12.7 Å². The van der Waals surface area contributed by atoms with Gasteiger partial charge < -0.3 is 4.89 Å². The van der Waals surface area contributed by atoms with Gasteiger partial charge in [-0.05, 0) is 18.8 Å². The van der Waals surface area contributed by atoms with Gasteiger partial charge in [-0.3, -0.25) is 9.05 Å². The smallest absolute Gasteiger partial charge is 0.302 e. The summed E-state index contributed by atoms with van der Waals surface area (Å²) >= 11 is 0. The highest BCUT2D eigenvalue weighted by Crippen LogP contribution is 2.42. The van der Waals surface area contributed by atoms with Crippen LogP contribution in [-0.4, -0.2) is 18.1 Å². The van der Waals surface area contributed by atoms with Crippen molar-refractivity contribution in [2.75, 3.05) is 13.2 Å². The van der Waals surface area contributed by atoms with Gasteiger partial charge in [-0.1, -0.05) is 78.7 Å². The Morgan fingerprint density at radius 1 is 0.957 bits per heavy atom. The fraction of sp³-hybridized carbons (Fsp3) is 0.889. The zero-order chi connectivity index (χ0) is 18.2. The van der Waals surface area contributed by atoms with E-state index < -0.39 is 7.82 Å². The van der Waals surface area contributed by atoms with Crippen molar-refractivity contribution < 1.29 is 18.5 Å². The van der Waals surface area contributed by atoms with Gasteiger partial charge in [-0.25, -0.2) is 4.57 Å². The molecule has 1 unspecified atom stereocenters. The van der Waals surface area contributed by atoms with Crippen molar-refractivity contribution >= 4 is 7.82 Å². The first-order valence-corrected chi connectivity index (χ1v) is 10.4. The zero-order valence-electron chi connectivity index (χ0n) is 16.0. The Morgan fingerprint density at radius 3 is 1.78 bits per heavy atom. The second kappa shape index (κ2) is 15.4. The molecule has 0 spiro atoms. The van der Waals surface area contributed by atoms with Crippen LogP contribution in [0.25, 0.3) is 0 Å². The van der Waals surface area contributed by atoms with Gasteiger partial charge in [-0.15, -0.1) is 6.58 Å². The fourth-order valence-corrected chi connectivity index (χ4v) is 2.38. The van der Waals surface area contributed by atoms with E-state index in [4.69, 9.17) is 9.42 Å². The number of allylic oxidation sites excluding steroid dienone is 1. The van der Waals surface area contributed by atoms with E-state index in [1.165, 1.54) is 38.5 Å². The van der Waals surface area contributed by atoms with Crippen LogP contribution in [0, 0.1) is 5.41 Å². The maximum Gasteiger partial charge on any atom is 0.472 e. The lowest BCUT2D eigenvalue weighted by molar-refractivity contribution is 0.153. The van der Waals surface area contributed by atoms with Gasteiger partial charge in [0, 0.05) is 0 Å². The summed E-state index contributed by atoms with van der Waals surface area (Å²) in [6.07, 6.45) is 11.5. The topological polar surface area (TPSA) is 55.8 Å². The highest BCUT2D eigenvalue weighted by Gasteiger charge is 2.18. The second-order valence-corrected chi connectivity index (χ2v) is 8.22. The third kappa shape index (κ3) is 24.2. The molecule has 5 heteroatoms. The average molecular weight is 350 g/mol. The summed E-state index contributed by atoms with van der Waals surface area (Å²) in [6, 6.07) is 0.